The Labute approximate surface area is 156 Å². The minimum absolute atomic E-state index is 0.0863. The molecule has 27 heavy (non-hydrogen) atoms. The highest BCUT2D eigenvalue weighted by Gasteiger charge is 2.27. The largest absolute Gasteiger partial charge is 0.334 e. The molecule has 0 amide bonds. The molecule has 1 aliphatic heterocycles. The maximum Gasteiger partial charge on any atom is 0.329 e. The smallest absolute Gasteiger partial charge is 0.329 e. The predicted octanol–water partition coefficient (Wildman–Crippen LogP) is -0.633. The number of piperazine rings is 1. The van der Waals surface area contributed by atoms with E-state index in [4.69, 9.17) is 4.98 Å². The summed E-state index contributed by atoms with van der Waals surface area (Å²) in [6.07, 6.45) is 0. The second kappa shape index (κ2) is 6.70. The van der Waals surface area contributed by atoms with Crippen molar-refractivity contribution in [1.29, 1.82) is 0 Å². The summed E-state index contributed by atoms with van der Waals surface area (Å²) in [6, 6.07) is 9.96. The molecule has 2 N–H and O–H groups in total. The molecule has 1 aliphatic rings. The Morgan fingerprint density at radius 3 is 2.48 bits per heavy atom. The van der Waals surface area contributed by atoms with Crippen LogP contribution >= 0.6 is 0 Å². The van der Waals surface area contributed by atoms with Gasteiger partial charge in [0.15, 0.2) is 11.2 Å². The summed E-state index contributed by atoms with van der Waals surface area (Å²) >= 11 is 0. The van der Waals surface area contributed by atoms with Crippen molar-refractivity contribution in [3.63, 3.8) is 0 Å². The van der Waals surface area contributed by atoms with Crippen LogP contribution in [0.25, 0.3) is 11.2 Å². The first-order chi connectivity index (χ1) is 13.0. The summed E-state index contributed by atoms with van der Waals surface area (Å²) in [7, 11) is 3.82. The molecule has 3 aromatic rings. The van der Waals surface area contributed by atoms with E-state index in [0.29, 0.717) is 11.2 Å². The molecule has 0 radical (unpaired) electrons. The van der Waals surface area contributed by atoms with Gasteiger partial charge in [0.25, 0.3) is 5.56 Å². The van der Waals surface area contributed by atoms with E-state index in [2.05, 4.69) is 23.9 Å². The first kappa shape index (κ1) is 17.5. The van der Waals surface area contributed by atoms with Gasteiger partial charge in [-0.2, -0.15) is 4.98 Å². The van der Waals surface area contributed by atoms with Gasteiger partial charge in [-0.25, -0.2) is 4.79 Å². The number of likely N-dealkylation sites (N-methyl/N-ethyl adjacent to an activating group) is 1. The number of quaternary nitrogens is 1. The summed E-state index contributed by atoms with van der Waals surface area (Å²) in [5.74, 6) is 0.751. The molecule has 8 heteroatoms. The number of aryl methyl sites for hydroxylation is 1. The fraction of sp³-hybridized carbons (Fsp3) is 0.421. The summed E-state index contributed by atoms with van der Waals surface area (Å²) in [4.78, 5) is 35.7. The third-order valence-corrected chi connectivity index (χ3v) is 5.50. The average Bonchev–Trinajstić information content (AvgIpc) is 3.08. The molecule has 1 fully saturated rings. The van der Waals surface area contributed by atoms with E-state index < -0.39 is 11.2 Å². The Balaban J connectivity index is 1.96. The molecule has 0 unspecified atom stereocenters. The highest BCUT2D eigenvalue weighted by Crippen LogP contribution is 2.28. The van der Waals surface area contributed by atoms with E-state index in [1.54, 1.807) is 7.05 Å². The highest BCUT2D eigenvalue weighted by atomic mass is 16.2. The Morgan fingerprint density at radius 1 is 1.15 bits per heavy atom. The van der Waals surface area contributed by atoms with Crippen molar-refractivity contribution in [2.45, 2.75) is 13.0 Å². The Hall–Kier alpha value is -2.87. The van der Waals surface area contributed by atoms with Crippen LogP contribution in [-0.2, 0) is 7.05 Å². The van der Waals surface area contributed by atoms with Crippen molar-refractivity contribution in [2.24, 2.45) is 7.05 Å². The van der Waals surface area contributed by atoms with Crippen LogP contribution in [0, 0.1) is 0 Å². The number of aromatic nitrogens is 4. The minimum atomic E-state index is -0.445. The van der Waals surface area contributed by atoms with Gasteiger partial charge in [0, 0.05) is 7.05 Å². The molecule has 8 nitrogen and oxygen atoms in total. The lowest BCUT2D eigenvalue weighted by Crippen LogP contribution is -3.12. The number of benzene rings is 1. The lowest BCUT2D eigenvalue weighted by molar-refractivity contribution is -0.880. The molecule has 142 valence electrons. The fourth-order valence-corrected chi connectivity index (χ4v) is 3.75. The van der Waals surface area contributed by atoms with Crippen LogP contribution in [0.1, 0.15) is 18.5 Å². The Morgan fingerprint density at radius 2 is 1.81 bits per heavy atom. The van der Waals surface area contributed by atoms with Gasteiger partial charge in [0.05, 0.1) is 39.3 Å². The maximum atomic E-state index is 12.7. The molecule has 0 saturated carbocycles. The monoisotopic (exact) mass is 369 g/mol. The highest BCUT2D eigenvalue weighted by molar-refractivity contribution is 5.75. The van der Waals surface area contributed by atoms with E-state index in [1.807, 2.05) is 34.9 Å². The second-order valence-electron chi connectivity index (χ2n) is 7.30. The van der Waals surface area contributed by atoms with Crippen LogP contribution in [0.15, 0.2) is 39.9 Å². The van der Waals surface area contributed by atoms with Crippen LogP contribution in [0.4, 0.5) is 5.95 Å². The minimum Gasteiger partial charge on any atom is -0.334 e. The van der Waals surface area contributed by atoms with Crippen LogP contribution in [-0.4, -0.2) is 52.3 Å². The number of fused-ring (bicyclic) bond motifs is 1. The predicted molar refractivity (Wildman–Crippen MR) is 105 cm³/mol. The van der Waals surface area contributed by atoms with Crippen LogP contribution in [0.5, 0.6) is 0 Å². The van der Waals surface area contributed by atoms with Gasteiger partial charge in [-0.3, -0.25) is 18.9 Å². The number of nitrogens with one attached hydrogen (secondary N) is 2. The maximum absolute atomic E-state index is 12.7. The Bertz CT molecular complexity index is 1070. The number of hydrogen-bond acceptors (Lipinski definition) is 4. The average molecular weight is 369 g/mol. The van der Waals surface area contributed by atoms with E-state index in [9.17, 15) is 9.59 Å². The quantitative estimate of drug-likeness (QED) is 0.644. The molecule has 1 saturated heterocycles. The summed E-state index contributed by atoms with van der Waals surface area (Å²) < 4.78 is 3.39. The number of rotatable bonds is 3. The van der Waals surface area contributed by atoms with Gasteiger partial charge in [0.2, 0.25) is 5.95 Å². The molecular weight excluding hydrogens is 344 g/mol. The summed E-state index contributed by atoms with van der Waals surface area (Å²) in [5.41, 5.74) is 1.11. The van der Waals surface area contributed by atoms with Crippen molar-refractivity contribution in [3.8, 4) is 0 Å². The number of imidazole rings is 1. The van der Waals surface area contributed by atoms with Gasteiger partial charge in [-0.05, 0) is 12.5 Å². The van der Waals surface area contributed by atoms with Crippen molar-refractivity contribution in [1.82, 2.24) is 19.1 Å². The van der Waals surface area contributed by atoms with Crippen molar-refractivity contribution >= 4 is 17.1 Å². The summed E-state index contributed by atoms with van der Waals surface area (Å²) in [5, 5.41) is 0. The van der Waals surface area contributed by atoms with Crippen LogP contribution in [0.3, 0.4) is 0 Å². The molecule has 1 aromatic carbocycles. The zero-order chi connectivity index (χ0) is 19.1. The Kier molecular flexibility index (Phi) is 4.35. The number of hydrogen-bond donors (Lipinski definition) is 2. The molecule has 0 bridgehead atoms. The van der Waals surface area contributed by atoms with Crippen molar-refractivity contribution < 1.29 is 4.90 Å². The van der Waals surface area contributed by atoms with Gasteiger partial charge < -0.3 is 9.80 Å². The van der Waals surface area contributed by atoms with Gasteiger partial charge in [-0.1, -0.05) is 30.3 Å². The lowest BCUT2D eigenvalue weighted by atomic mass is 10.1. The van der Waals surface area contributed by atoms with Gasteiger partial charge in [0.1, 0.15) is 0 Å². The lowest BCUT2D eigenvalue weighted by Gasteiger charge is -2.32. The number of nitrogens with zero attached hydrogens (tertiary/aromatic N) is 4. The normalized spacial score (nSPS) is 16.8. The van der Waals surface area contributed by atoms with Gasteiger partial charge in [-0.15, -0.1) is 0 Å². The molecule has 4 rings (SSSR count). The van der Waals surface area contributed by atoms with Crippen molar-refractivity contribution in [3.05, 3.63) is 56.7 Å². The topological polar surface area (TPSA) is 80.4 Å². The van der Waals surface area contributed by atoms with Crippen LogP contribution < -0.4 is 21.0 Å². The zero-order valence-electron chi connectivity index (χ0n) is 15.9. The number of H-pyrrole nitrogens is 1. The molecular formula is C19H25N6O2+. The van der Waals surface area contributed by atoms with E-state index >= 15 is 0 Å². The standard InChI is InChI=1S/C19H24N6O2/c1-13(14-7-5-4-6-8-14)25-15-16(23(3)19(27)21-17(15)26)20-18(25)24-11-9-22(2)10-12-24/h4-8,13H,9-12H2,1-3H3,(H,21,26,27)/p+1/t13-/m0/s1. The van der Waals surface area contributed by atoms with Gasteiger partial charge >= 0.3 is 5.69 Å². The first-order valence-electron chi connectivity index (χ1n) is 9.30. The number of aromatic amines is 1. The molecule has 3 heterocycles. The molecule has 0 aliphatic carbocycles. The molecule has 0 spiro atoms. The van der Waals surface area contributed by atoms with E-state index in [-0.39, 0.29) is 6.04 Å². The molecule has 1 atom stereocenters. The third kappa shape index (κ3) is 2.95. The summed E-state index contributed by atoms with van der Waals surface area (Å²) in [6.45, 7) is 5.81. The van der Waals surface area contributed by atoms with E-state index in [0.717, 1.165) is 37.7 Å². The fourth-order valence-electron chi connectivity index (χ4n) is 3.75. The SMILES string of the molecule is C[C@@H](c1ccccc1)n1c(N2CC[NH+](C)CC2)nc2c1c(=O)[nH]c(=O)n2C. The third-order valence-electron chi connectivity index (χ3n) is 5.50. The van der Waals surface area contributed by atoms with E-state index in [1.165, 1.54) is 9.47 Å². The number of anilines is 1. The zero-order valence-corrected chi connectivity index (χ0v) is 15.9. The first-order valence-corrected chi connectivity index (χ1v) is 9.30. The van der Waals surface area contributed by atoms with Crippen molar-refractivity contribution in [2.75, 3.05) is 38.1 Å². The molecule has 2 aromatic heterocycles. The second-order valence-corrected chi connectivity index (χ2v) is 7.30. The van der Waals surface area contributed by atoms with Crippen LogP contribution in [0.2, 0.25) is 0 Å².